The monoisotopic (exact) mass is 221 g/mol. The van der Waals surface area contributed by atoms with Crippen LogP contribution in [0.2, 0.25) is 0 Å². The van der Waals surface area contributed by atoms with Crippen LogP contribution in [0.1, 0.15) is 26.7 Å². The normalized spacial score (nSPS) is 12.2. The standard InChI is InChI=1S/C13H19NO2/c1-4-10(2)9-13(16)14(3)11-5-7-12(15)8-6-11/h5-8,10,15H,4,9H2,1-3H3. The van der Waals surface area contributed by atoms with Crippen LogP contribution in [-0.4, -0.2) is 18.1 Å². The molecule has 0 aliphatic heterocycles. The number of benzene rings is 1. The summed E-state index contributed by atoms with van der Waals surface area (Å²) in [4.78, 5) is 13.5. The van der Waals surface area contributed by atoms with E-state index in [-0.39, 0.29) is 11.7 Å². The maximum Gasteiger partial charge on any atom is 0.226 e. The molecule has 0 aliphatic rings. The zero-order valence-corrected chi connectivity index (χ0v) is 10.1. The fraction of sp³-hybridized carbons (Fsp3) is 0.462. The summed E-state index contributed by atoms with van der Waals surface area (Å²) in [6, 6.07) is 6.65. The Hall–Kier alpha value is -1.51. The van der Waals surface area contributed by atoms with Gasteiger partial charge in [-0.3, -0.25) is 4.79 Å². The highest BCUT2D eigenvalue weighted by Crippen LogP contribution is 2.19. The minimum absolute atomic E-state index is 0.111. The number of carbonyl (C=O) groups excluding carboxylic acids is 1. The lowest BCUT2D eigenvalue weighted by molar-refractivity contribution is -0.119. The summed E-state index contributed by atoms with van der Waals surface area (Å²) < 4.78 is 0. The molecule has 0 fully saturated rings. The molecule has 0 saturated heterocycles. The topological polar surface area (TPSA) is 40.5 Å². The number of hydrogen-bond acceptors (Lipinski definition) is 2. The Morgan fingerprint density at radius 3 is 2.44 bits per heavy atom. The second-order valence-corrected chi connectivity index (χ2v) is 4.19. The van der Waals surface area contributed by atoms with Crippen LogP contribution in [0.5, 0.6) is 5.75 Å². The number of anilines is 1. The first-order valence-electron chi connectivity index (χ1n) is 5.60. The average molecular weight is 221 g/mol. The summed E-state index contributed by atoms with van der Waals surface area (Å²) in [5.41, 5.74) is 0.811. The third kappa shape index (κ3) is 3.26. The Labute approximate surface area is 96.7 Å². The Kier molecular flexibility index (Phi) is 4.35. The predicted octanol–water partition coefficient (Wildman–Crippen LogP) is 2.79. The second kappa shape index (κ2) is 5.54. The van der Waals surface area contributed by atoms with Gasteiger partial charge in [-0.15, -0.1) is 0 Å². The summed E-state index contributed by atoms with van der Waals surface area (Å²) in [6.07, 6.45) is 1.57. The van der Waals surface area contributed by atoms with Crippen molar-refractivity contribution in [1.82, 2.24) is 0 Å². The zero-order valence-electron chi connectivity index (χ0n) is 10.1. The van der Waals surface area contributed by atoms with Gasteiger partial charge in [-0.25, -0.2) is 0 Å². The molecule has 0 spiro atoms. The molecule has 1 N–H and O–H groups in total. The predicted molar refractivity (Wildman–Crippen MR) is 65.6 cm³/mol. The molecule has 0 radical (unpaired) electrons. The Balaban J connectivity index is 2.66. The highest BCUT2D eigenvalue weighted by molar-refractivity contribution is 5.92. The Morgan fingerprint density at radius 2 is 1.94 bits per heavy atom. The van der Waals surface area contributed by atoms with E-state index in [1.54, 1.807) is 36.2 Å². The van der Waals surface area contributed by atoms with Gasteiger partial charge < -0.3 is 10.0 Å². The molecule has 0 aromatic heterocycles. The molecule has 0 aliphatic carbocycles. The van der Waals surface area contributed by atoms with Crippen molar-refractivity contribution in [2.24, 2.45) is 5.92 Å². The first kappa shape index (κ1) is 12.6. The van der Waals surface area contributed by atoms with Crippen molar-refractivity contribution in [2.75, 3.05) is 11.9 Å². The molecule has 1 aromatic carbocycles. The van der Waals surface area contributed by atoms with Gasteiger partial charge in [0, 0.05) is 19.2 Å². The molecule has 0 bridgehead atoms. The van der Waals surface area contributed by atoms with E-state index in [0.29, 0.717) is 12.3 Å². The number of carbonyl (C=O) groups is 1. The molecule has 3 heteroatoms. The molecule has 1 amide bonds. The van der Waals surface area contributed by atoms with E-state index in [9.17, 15) is 4.79 Å². The molecular weight excluding hydrogens is 202 g/mol. The lowest BCUT2D eigenvalue weighted by Crippen LogP contribution is -2.27. The van der Waals surface area contributed by atoms with E-state index in [0.717, 1.165) is 12.1 Å². The number of hydrogen-bond donors (Lipinski definition) is 1. The van der Waals surface area contributed by atoms with Crippen molar-refractivity contribution in [3.8, 4) is 5.75 Å². The molecule has 0 heterocycles. The van der Waals surface area contributed by atoms with Crippen LogP contribution in [0.3, 0.4) is 0 Å². The summed E-state index contributed by atoms with van der Waals surface area (Å²) in [5.74, 6) is 0.735. The van der Waals surface area contributed by atoms with Crippen molar-refractivity contribution < 1.29 is 9.90 Å². The van der Waals surface area contributed by atoms with Crippen LogP contribution in [0.15, 0.2) is 24.3 Å². The van der Waals surface area contributed by atoms with Gasteiger partial charge in [0.25, 0.3) is 0 Å². The highest BCUT2D eigenvalue weighted by Gasteiger charge is 2.13. The molecular formula is C13H19NO2. The summed E-state index contributed by atoms with van der Waals surface area (Å²) in [7, 11) is 1.76. The Bertz CT molecular complexity index is 345. The third-order valence-corrected chi connectivity index (χ3v) is 2.83. The van der Waals surface area contributed by atoms with E-state index in [1.807, 2.05) is 0 Å². The molecule has 1 aromatic rings. The first-order valence-corrected chi connectivity index (χ1v) is 5.60. The van der Waals surface area contributed by atoms with Gasteiger partial charge in [-0.05, 0) is 30.2 Å². The van der Waals surface area contributed by atoms with Crippen LogP contribution in [0, 0.1) is 5.92 Å². The van der Waals surface area contributed by atoms with Crippen LogP contribution < -0.4 is 4.90 Å². The van der Waals surface area contributed by atoms with Crippen molar-refractivity contribution in [3.63, 3.8) is 0 Å². The van der Waals surface area contributed by atoms with Crippen LogP contribution in [0.25, 0.3) is 0 Å². The van der Waals surface area contributed by atoms with Crippen LogP contribution in [-0.2, 0) is 4.79 Å². The van der Waals surface area contributed by atoms with Crippen molar-refractivity contribution in [3.05, 3.63) is 24.3 Å². The summed E-state index contributed by atoms with van der Waals surface area (Å²) in [5, 5.41) is 9.16. The van der Waals surface area contributed by atoms with E-state index < -0.39 is 0 Å². The van der Waals surface area contributed by atoms with E-state index >= 15 is 0 Å². The van der Waals surface area contributed by atoms with Crippen molar-refractivity contribution >= 4 is 11.6 Å². The van der Waals surface area contributed by atoms with E-state index in [4.69, 9.17) is 5.11 Å². The summed E-state index contributed by atoms with van der Waals surface area (Å²) in [6.45, 7) is 4.15. The van der Waals surface area contributed by atoms with Crippen LogP contribution >= 0.6 is 0 Å². The maximum absolute atomic E-state index is 11.9. The molecule has 3 nitrogen and oxygen atoms in total. The fourth-order valence-corrected chi connectivity index (χ4v) is 1.40. The van der Waals surface area contributed by atoms with Gasteiger partial charge in [0.2, 0.25) is 5.91 Å². The number of rotatable bonds is 4. The molecule has 88 valence electrons. The smallest absolute Gasteiger partial charge is 0.226 e. The van der Waals surface area contributed by atoms with Crippen LogP contribution in [0.4, 0.5) is 5.69 Å². The van der Waals surface area contributed by atoms with Gasteiger partial charge >= 0.3 is 0 Å². The number of phenolic OH excluding ortho intramolecular Hbond substituents is 1. The summed E-state index contributed by atoms with van der Waals surface area (Å²) >= 11 is 0. The quantitative estimate of drug-likeness (QED) is 0.849. The van der Waals surface area contributed by atoms with Crippen molar-refractivity contribution in [1.29, 1.82) is 0 Å². The minimum Gasteiger partial charge on any atom is -0.508 e. The van der Waals surface area contributed by atoms with E-state index in [2.05, 4.69) is 13.8 Å². The molecule has 0 saturated carbocycles. The molecule has 1 rings (SSSR count). The Morgan fingerprint density at radius 1 is 1.38 bits per heavy atom. The second-order valence-electron chi connectivity index (χ2n) is 4.19. The van der Waals surface area contributed by atoms with Gasteiger partial charge in [0.05, 0.1) is 0 Å². The fourth-order valence-electron chi connectivity index (χ4n) is 1.40. The van der Waals surface area contributed by atoms with Crippen molar-refractivity contribution in [2.45, 2.75) is 26.7 Å². The van der Waals surface area contributed by atoms with Gasteiger partial charge in [-0.2, -0.15) is 0 Å². The first-order chi connectivity index (χ1) is 7.54. The van der Waals surface area contributed by atoms with E-state index in [1.165, 1.54) is 0 Å². The lowest BCUT2D eigenvalue weighted by Gasteiger charge is -2.19. The largest absolute Gasteiger partial charge is 0.508 e. The third-order valence-electron chi connectivity index (χ3n) is 2.83. The number of nitrogens with zero attached hydrogens (tertiary/aromatic N) is 1. The number of amides is 1. The highest BCUT2D eigenvalue weighted by atomic mass is 16.3. The van der Waals surface area contributed by atoms with Gasteiger partial charge in [0.1, 0.15) is 5.75 Å². The SMILES string of the molecule is CCC(C)CC(=O)N(C)c1ccc(O)cc1. The molecule has 1 atom stereocenters. The number of aromatic hydroxyl groups is 1. The molecule has 1 unspecified atom stereocenters. The van der Waals surface area contributed by atoms with Gasteiger partial charge in [-0.1, -0.05) is 20.3 Å². The lowest BCUT2D eigenvalue weighted by atomic mass is 10.0. The maximum atomic E-state index is 11.9. The minimum atomic E-state index is 0.111. The molecule has 16 heavy (non-hydrogen) atoms. The van der Waals surface area contributed by atoms with Gasteiger partial charge in [0.15, 0.2) is 0 Å². The zero-order chi connectivity index (χ0) is 12.1. The average Bonchev–Trinajstić information content (AvgIpc) is 2.28. The number of phenols is 1.